The summed E-state index contributed by atoms with van der Waals surface area (Å²) in [7, 11) is 3.04. The second-order valence-electron chi connectivity index (χ2n) is 9.06. The van der Waals surface area contributed by atoms with Crippen LogP contribution in [-0.4, -0.2) is 38.6 Å². The number of aromatic hydroxyl groups is 1. The number of fused-ring (bicyclic) bond motifs is 2. The molecule has 10 heteroatoms. The van der Waals surface area contributed by atoms with E-state index in [-0.39, 0.29) is 42.6 Å². The molecule has 0 bridgehead atoms. The van der Waals surface area contributed by atoms with Gasteiger partial charge in [-0.05, 0) is 54.4 Å². The Hall–Kier alpha value is -4.86. The van der Waals surface area contributed by atoms with Crippen molar-refractivity contribution in [2.24, 2.45) is 0 Å². The zero-order valence-electron chi connectivity index (χ0n) is 22.3. The van der Waals surface area contributed by atoms with E-state index in [0.717, 1.165) is 5.56 Å². The van der Waals surface area contributed by atoms with Crippen molar-refractivity contribution in [1.29, 1.82) is 0 Å². The molecule has 40 heavy (non-hydrogen) atoms. The lowest BCUT2D eigenvalue weighted by atomic mass is 9.87. The van der Waals surface area contributed by atoms with Crippen molar-refractivity contribution >= 4 is 16.9 Å². The van der Waals surface area contributed by atoms with Crippen molar-refractivity contribution in [3.8, 4) is 34.5 Å². The average molecular weight is 548 g/mol. The summed E-state index contributed by atoms with van der Waals surface area (Å²) in [6.45, 7) is 2.55. The SMILES string of the molecule is CCOc1cc(CNC(=O)C[C@@H](c2cc(OC)c3c(c2)OCO3)c2c(O)c3ccccc3oc2=O)ccc1OC. The largest absolute Gasteiger partial charge is 0.507 e. The Morgan fingerprint density at radius 2 is 1.82 bits per heavy atom. The summed E-state index contributed by atoms with van der Waals surface area (Å²) in [5.74, 6) is 0.869. The first-order valence-corrected chi connectivity index (χ1v) is 12.7. The van der Waals surface area contributed by atoms with Crippen LogP contribution in [0.2, 0.25) is 0 Å². The van der Waals surface area contributed by atoms with Crippen molar-refractivity contribution in [3.63, 3.8) is 0 Å². The lowest BCUT2D eigenvalue weighted by molar-refractivity contribution is -0.121. The highest BCUT2D eigenvalue weighted by atomic mass is 16.7. The number of nitrogens with one attached hydrogen (secondary N) is 1. The summed E-state index contributed by atoms with van der Waals surface area (Å²) in [4.78, 5) is 26.5. The third kappa shape index (κ3) is 5.20. The van der Waals surface area contributed by atoms with Gasteiger partial charge < -0.3 is 38.5 Å². The first-order valence-electron chi connectivity index (χ1n) is 12.7. The molecule has 2 heterocycles. The summed E-state index contributed by atoms with van der Waals surface area (Å²) in [5.41, 5.74) is 0.758. The summed E-state index contributed by atoms with van der Waals surface area (Å²) < 4.78 is 33.0. The zero-order chi connectivity index (χ0) is 28.2. The van der Waals surface area contributed by atoms with E-state index in [1.807, 2.05) is 13.0 Å². The molecule has 3 aromatic carbocycles. The molecule has 10 nitrogen and oxygen atoms in total. The minimum atomic E-state index is -0.890. The normalized spacial score (nSPS) is 12.7. The second kappa shape index (κ2) is 11.5. The molecule has 208 valence electrons. The van der Waals surface area contributed by atoms with Crippen molar-refractivity contribution in [3.05, 3.63) is 81.7 Å². The summed E-state index contributed by atoms with van der Waals surface area (Å²) in [5, 5.41) is 14.5. The van der Waals surface area contributed by atoms with Gasteiger partial charge in [-0.3, -0.25) is 4.79 Å². The van der Waals surface area contributed by atoms with Crippen LogP contribution in [0.25, 0.3) is 11.0 Å². The summed E-state index contributed by atoms with van der Waals surface area (Å²) in [6, 6.07) is 15.4. The van der Waals surface area contributed by atoms with Crippen molar-refractivity contribution in [1.82, 2.24) is 5.32 Å². The first-order chi connectivity index (χ1) is 19.4. The Kier molecular flexibility index (Phi) is 7.68. The lowest BCUT2D eigenvalue weighted by Crippen LogP contribution is -2.26. The van der Waals surface area contributed by atoms with Crippen LogP contribution in [-0.2, 0) is 11.3 Å². The van der Waals surface area contributed by atoms with E-state index in [2.05, 4.69) is 5.32 Å². The number of hydrogen-bond acceptors (Lipinski definition) is 9. The van der Waals surface area contributed by atoms with Gasteiger partial charge in [0.05, 0.1) is 31.8 Å². The van der Waals surface area contributed by atoms with E-state index in [9.17, 15) is 14.7 Å². The van der Waals surface area contributed by atoms with Crippen molar-refractivity contribution < 1.29 is 38.0 Å². The fourth-order valence-corrected chi connectivity index (χ4v) is 4.75. The van der Waals surface area contributed by atoms with Gasteiger partial charge in [-0.15, -0.1) is 0 Å². The number of carbonyl (C=O) groups excluding carboxylic acids is 1. The number of methoxy groups -OCH3 is 2. The van der Waals surface area contributed by atoms with Gasteiger partial charge in [-0.2, -0.15) is 0 Å². The highest BCUT2D eigenvalue weighted by Crippen LogP contribution is 2.46. The quantitative estimate of drug-likeness (QED) is 0.276. The maximum atomic E-state index is 13.3. The van der Waals surface area contributed by atoms with E-state index in [4.69, 9.17) is 28.1 Å². The molecular formula is C30H29NO9. The number of ether oxygens (including phenoxy) is 5. The molecule has 0 aliphatic carbocycles. The molecule has 1 atom stereocenters. The molecule has 1 aliphatic heterocycles. The summed E-state index contributed by atoms with van der Waals surface area (Å²) >= 11 is 0. The predicted molar refractivity (Wildman–Crippen MR) is 146 cm³/mol. The van der Waals surface area contributed by atoms with Gasteiger partial charge in [0.1, 0.15) is 11.3 Å². The van der Waals surface area contributed by atoms with Crippen LogP contribution >= 0.6 is 0 Å². The number of carbonyl (C=O) groups is 1. The van der Waals surface area contributed by atoms with E-state index in [1.165, 1.54) is 7.11 Å². The van der Waals surface area contributed by atoms with Crippen LogP contribution in [0.1, 0.15) is 36.0 Å². The molecular weight excluding hydrogens is 518 g/mol. The lowest BCUT2D eigenvalue weighted by Gasteiger charge is -2.20. The maximum absolute atomic E-state index is 13.3. The summed E-state index contributed by atoms with van der Waals surface area (Å²) in [6.07, 6.45) is -0.173. The highest BCUT2D eigenvalue weighted by molar-refractivity contribution is 5.85. The topological polar surface area (TPSA) is 126 Å². The van der Waals surface area contributed by atoms with Gasteiger partial charge in [0.15, 0.2) is 23.0 Å². The number of para-hydroxylation sites is 1. The molecule has 1 amide bonds. The van der Waals surface area contributed by atoms with Crippen molar-refractivity contribution in [2.75, 3.05) is 27.6 Å². The monoisotopic (exact) mass is 547 g/mol. The molecule has 4 aromatic rings. The Bertz CT molecular complexity index is 1610. The Balaban J connectivity index is 1.50. The minimum Gasteiger partial charge on any atom is -0.507 e. The molecule has 1 aliphatic rings. The second-order valence-corrected chi connectivity index (χ2v) is 9.06. The molecule has 0 radical (unpaired) electrons. The molecule has 0 saturated carbocycles. The fraction of sp³-hybridized carbons (Fsp3) is 0.267. The molecule has 0 unspecified atom stereocenters. The van der Waals surface area contributed by atoms with Gasteiger partial charge in [-0.25, -0.2) is 4.79 Å². The van der Waals surface area contributed by atoms with Gasteiger partial charge in [0, 0.05) is 18.9 Å². The van der Waals surface area contributed by atoms with Gasteiger partial charge in [-0.1, -0.05) is 18.2 Å². The van der Waals surface area contributed by atoms with Crippen LogP contribution in [0.4, 0.5) is 0 Å². The molecule has 0 saturated heterocycles. The third-order valence-electron chi connectivity index (χ3n) is 6.66. The van der Waals surface area contributed by atoms with Crippen LogP contribution in [0, 0.1) is 0 Å². The predicted octanol–water partition coefficient (Wildman–Crippen LogP) is 4.48. The molecule has 2 N–H and O–H groups in total. The third-order valence-corrected chi connectivity index (χ3v) is 6.66. The molecule has 1 aromatic heterocycles. The fourth-order valence-electron chi connectivity index (χ4n) is 4.75. The van der Waals surface area contributed by atoms with Crippen LogP contribution in [0.5, 0.6) is 34.5 Å². The maximum Gasteiger partial charge on any atom is 0.343 e. The Morgan fingerprint density at radius 3 is 2.60 bits per heavy atom. The van der Waals surface area contributed by atoms with Crippen LogP contribution in [0.3, 0.4) is 0 Å². The standard InChI is InChI=1S/C30H29NO9/c1-4-37-23-11-17(9-10-22(23)35-2)15-31-26(32)14-20(18-12-24(36-3)29-25(13-18)38-16-39-29)27-28(33)19-7-5-6-8-21(19)40-30(27)34/h5-13,20,33H,4,14-16H2,1-3H3,(H,31,32)/t20-/m0/s1. The number of hydrogen-bond donors (Lipinski definition) is 2. The van der Waals surface area contributed by atoms with Gasteiger partial charge in [0.2, 0.25) is 18.4 Å². The number of rotatable bonds is 10. The van der Waals surface area contributed by atoms with E-state index in [1.54, 1.807) is 55.6 Å². The number of amides is 1. The van der Waals surface area contributed by atoms with Gasteiger partial charge in [0.25, 0.3) is 0 Å². The Morgan fingerprint density at radius 1 is 1.02 bits per heavy atom. The molecule has 5 rings (SSSR count). The Labute approximate surface area is 230 Å². The first kappa shape index (κ1) is 26.7. The average Bonchev–Trinajstić information content (AvgIpc) is 3.44. The minimum absolute atomic E-state index is 0.00918. The smallest absolute Gasteiger partial charge is 0.343 e. The molecule has 0 fully saturated rings. The van der Waals surface area contributed by atoms with Crippen molar-refractivity contribution in [2.45, 2.75) is 25.8 Å². The van der Waals surface area contributed by atoms with Crippen LogP contribution < -0.4 is 34.6 Å². The highest BCUT2D eigenvalue weighted by Gasteiger charge is 2.30. The molecule has 0 spiro atoms. The number of benzene rings is 3. The van der Waals surface area contributed by atoms with Crippen LogP contribution in [0.15, 0.2) is 63.8 Å². The van der Waals surface area contributed by atoms with Gasteiger partial charge >= 0.3 is 5.63 Å². The van der Waals surface area contributed by atoms with E-state index >= 15 is 0 Å². The zero-order valence-corrected chi connectivity index (χ0v) is 22.3. The van der Waals surface area contributed by atoms with E-state index in [0.29, 0.717) is 46.3 Å². The van der Waals surface area contributed by atoms with E-state index < -0.39 is 11.5 Å².